The van der Waals surface area contributed by atoms with Crippen molar-refractivity contribution in [3.8, 4) is 0 Å². The van der Waals surface area contributed by atoms with Crippen LogP contribution in [0.4, 0.5) is 0 Å². The van der Waals surface area contributed by atoms with Gasteiger partial charge in [0.2, 0.25) is 0 Å². The van der Waals surface area contributed by atoms with Crippen LogP contribution in [-0.4, -0.2) is 24.1 Å². The van der Waals surface area contributed by atoms with Gasteiger partial charge in [-0.2, -0.15) is 0 Å². The number of esters is 2. The predicted octanol–water partition coefficient (Wildman–Crippen LogP) is 8.12. The van der Waals surface area contributed by atoms with Gasteiger partial charge in [0.25, 0.3) is 0 Å². The number of carbonyl (C=O) groups is 2. The molecule has 0 amide bonds. The first-order valence-corrected chi connectivity index (χ1v) is 15.3. The average molecular weight is 529 g/mol. The van der Waals surface area contributed by atoms with Gasteiger partial charge in [0, 0.05) is 5.92 Å². The molecule has 0 bridgehead atoms. The lowest BCUT2D eigenvalue weighted by Crippen LogP contribution is -2.54. The zero-order valence-electron chi connectivity index (χ0n) is 23.8. The van der Waals surface area contributed by atoms with E-state index < -0.39 is 0 Å². The molecule has 6 rings (SSSR count). The third-order valence-electron chi connectivity index (χ3n) is 11.8. The summed E-state index contributed by atoms with van der Waals surface area (Å²) in [5, 5.41) is 0. The standard InChI is InChI=1S/C35H44O4/c1-23(38-32(36)24-10-6-4-7-11-24)29-16-17-30-28-15-14-26-22-27(39-33(37)25-12-8-5-9-13-25)18-20-34(26,2)31(28)19-21-35(29,30)3/h4-13,23,26-31H,14-22H2,1-3H3/t23-,26-,27+,28-,29+,30-,31-,34-,35+/m0/s1. The maximum absolute atomic E-state index is 12.8. The fourth-order valence-corrected chi connectivity index (χ4v) is 9.82. The van der Waals surface area contributed by atoms with Crippen molar-refractivity contribution < 1.29 is 19.1 Å². The number of carbonyl (C=O) groups excluding carboxylic acids is 2. The Morgan fingerprint density at radius 3 is 2.05 bits per heavy atom. The van der Waals surface area contributed by atoms with Crippen LogP contribution in [0.1, 0.15) is 99.3 Å². The molecule has 0 aliphatic heterocycles. The zero-order valence-corrected chi connectivity index (χ0v) is 23.8. The Hall–Kier alpha value is -2.62. The van der Waals surface area contributed by atoms with Crippen molar-refractivity contribution in [2.24, 2.45) is 40.4 Å². The largest absolute Gasteiger partial charge is 0.459 e. The van der Waals surface area contributed by atoms with Gasteiger partial charge in [-0.05, 0) is 123 Å². The first kappa shape index (κ1) is 26.6. The third kappa shape index (κ3) is 4.72. The van der Waals surface area contributed by atoms with Gasteiger partial charge in [0.15, 0.2) is 0 Å². The quantitative estimate of drug-likeness (QED) is 0.368. The number of ether oxygens (including phenoxy) is 2. The lowest BCUT2D eigenvalue weighted by atomic mass is 9.44. The number of hydrogen-bond acceptors (Lipinski definition) is 4. The Labute approximate surface area is 233 Å². The average Bonchev–Trinajstić information content (AvgIpc) is 3.31. The van der Waals surface area contributed by atoms with Gasteiger partial charge >= 0.3 is 11.9 Å². The molecule has 2 aromatic carbocycles. The second-order valence-corrected chi connectivity index (χ2v) is 13.5. The molecule has 4 aliphatic carbocycles. The van der Waals surface area contributed by atoms with Crippen LogP contribution in [0.5, 0.6) is 0 Å². The summed E-state index contributed by atoms with van der Waals surface area (Å²) in [4.78, 5) is 25.5. The summed E-state index contributed by atoms with van der Waals surface area (Å²) < 4.78 is 12.1. The van der Waals surface area contributed by atoms with Crippen molar-refractivity contribution >= 4 is 11.9 Å². The third-order valence-corrected chi connectivity index (χ3v) is 11.8. The zero-order chi connectivity index (χ0) is 27.2. The molecular formula is C35H44O4. The maximum Gasteiger partial charge on any atom is 0.338 e. The first-order valence-electron chi connectivity index (χ1n) is 15.3. The minimum atomic E-state index is -0.193. The number of fused-ring (bicyclic) bond motifs is 5. The molecule has 0 unspecified atom stereocenters. The van der Waals surface area contributed by atoms with E-state index >= 15 is 0 Å². The molecule has 0 radical (unpaired) electrons. The molecule has 0 saturated heterocycles. The van der Waals surface area contributed by atoms with Crippen molar-refractivity contribution in [1.29, 1.82) is 0 Å². The van der Waals surface area contributed by atoms with E-state index in [4.69, 9.17) is 9.47 Å². The summed E-state index contributed by atoms with van der Waals surface area (Å²) in [6.07, 6.45) is 10.6. The van der Waals surface area contributed by atoms with Gasteiger partial charge in [0.05, 0.1) is 11.1 Å². The minimum absolute atomic E-state index is 0.0391. The Morgan fingerprint density at radius 2 is 1.36 bits per heavy atom. The van der Waals surface area contributed by atoms with Crippen molar-refractivity contribution in [1.82, 2.24) is 0 Å². The normalized spacial score (nSPS) is 38.0. The summed E-state index contributed by atoms with van der Waals surface area (Å²) in [5.74, 6) is 2.91. The molecule has 4 saturated carbocycles. The van der Waals surface area contributed by atoms with Crippen LogP contribution in [0.3, 0.4) is 0 Å². The lowest BCUT2D eigenvalue weighted by molar-refractivity contribution is -0.133. The molecule has 0 N–H and O–H groups in total. The summed E-state index contributed by atoms with van der Waals surface area (Å²) in [7, 11) is 0. The van der Waals surface area contributed by atoms with Crippen molar-refractivity contribution in [2.75, 3.05) is 0 Å². The van der Waals surface area contributed by atoms with Gasteiger partial charge in [-0.1, -0.05) is 50.2 Å². The summed E-state index contributed by atoms with van der Waals surface area (Å²) in [6.45, 7) is 7.19. The molecule has 4 aliphatic rings. The topological polar surface area (TPSA) is 52.6 Å². The van der Waals surface area contributed by atoms with E-state index in [0.717, 1.165) is 37.5 Å². The molecule has 0 aromatic heterocycles. The fraction of sp³-hybridized carbons (Fsp3) is 0.600. The minimum Gasteiger partial charge on any atom is -0.459 e. The van der Waals surface area contributed by atoms with Gasteiger partial charge in [-0.15, -0.1) is 0 Å². The van der Waals surface area contributed by atoms with E-state index in [-0.39, 0.29) is 29.6 Å². The highest BCUT2D eigenvalue weighted by molar-refractivity contribution is 5.89. The molecule has 39 heavy (non-hydrogen) atoms. The molecule has 208 valence electrons. The van der Waals surface area contributed by atoms with Crippen molar-refractivity contribution in [3.63, 3.8) is 0 Å². The van der Waals surface area contributed by atoms with E-state index in [9.17, 15) is 9.59 Å². The van der Waals surface area contributed by atoms with Crippen LogP contribution in [0.15, 0.2) is 60.7 Å². The SMILES string of the molecule is C[C@H](OC(=O)c1ccccc1)[C@H]1CC[C@H]2[C@@H]3CC[C@H]4C[C@H](OC(=O)c5ccccc5)CC[C@]4(C)[C@H]3CC[C@]12C. The second kappa shape index (κ2) is 10.4. The number of benzene rings is 2. The number of rotatable bonds is 5. The van der Waals surface area contributed by atoms with E-state index in [1.807, 2.05) is 60.7 Å². The highest BCUT2D eigenvalue weighted by Gasteiger charge is 2.61. The molecular weight excluding hydrogens is 484 g/mol. The highest BCUT2D eigenvalue weighted by atomic mass is 16.5. The molecule has 9 atom stereocenters. The van der Waals surface area contributed by atoms with E-state index in [1.165, 1.54) is 32.1 Å². The van der Waals surface area contributed by atoms with Gasteiger partial charge in [-0.3, -0.25) is 0 Å². The predicted molar refractivity (Wildman–Crippen MR) is 152 cm³/mol. The van der Waals surface area contributed by atoms with Crippen molar-refractivity contribution in [3.05, 3.63) is 71.8 Å². The van der Waals surface area contributed by atoms with E-state index in [1.54, 1.807) is 0 Å². The molecule has 4 nitrogen and oxygen atoms in total. The first-order chi connectivity index (χ1) is 18.8. The molecule has 4 heteroatoms. The van der Waals surface area contributed by atoms with Gasteiger partial charge in [-0.25, -0.2) is 9.59 Å². The van der Waals surface area contributed by atoms with Gasteiger partial charge < -0.3 is 9.47 Å². The van der Waals surface area contributed by atoms with E-state index in [2.05, 4.69) is 20.8 Å². The summed E-state index contributed by atoms with van der Waals surface area (Å²) in [5.41, 5.74) is 1.87. The van der Waals surface area contributed by atoms with Crippen LogP contribution < -0.4 is 0 Å². The Morgan fingerprint density at radius 1 is 0.744 bits per heavy atom. The molecule has 2 aromatic rings. The Balaban J connectivity index is 1.11. The van der Waals surface area contributed by atoms with Crippen LogP contribution >= 0.6 is 0 Å². The van der Waals surface area contributed by atoms with Gasteiger partial charge in [0.1, 0.15) is 12.2 Å². The molecule has 4 fully saturated rings. The lowest BCUT2D eigenvalue weighted by Gasteiger charge is -2.61. The van der Waals surface area contributed by atoms with Crippen LogP contribution in [-0.2, 0) is 9.47 Å². The van der Waals surface area contributed by atoms with Crippen LogP contribution in [0, 0.1) is 40.4 Å². The molecule has 0 heterocycles. The van der Waals surface area contributed by atoms with Crippen LogP contribution in [0.2, 0.25) is 0 Å². The maximum atomic E-state index is 12.8. The number of hydrogen-bond donors (Lipinski definition) is 0. The smallest absolute Gasteiger partial charge is 0.338 e. The monoisotopic (exact) mass is 528 g/mol. The summed E-state index contributed by atoms with van der Waals surface area (Å²) in [6, 6.07) is 18.8. The highest BCUT2D eigenvalue weighted by Crippen LogP contribution is 2.68. The van der Waals surface area contributed by atoms with Crippen molar-refractivity contribution in [2.45, 2.75) is 90.8 Å². The summed E-state index contributed by atoms with van der Waals surface area (Å²) >= 11 is 0. The van der Waals surface area contributed by atoms with E-state index in [0.29, 0.717) is 34.3 Å². The second-order valence-electron chi connectivity index (χ2n) is 13.5. The fourth-order valence-electron chi connectivity index (χ4n) is 9.82. The Bertz CT molecular complexity index is 1180. The van der Waals surface area contributed by atoms with Crippen LogP contribution in [0.25, 0.3) is 0 Å². The Kier molecular flexibility index (Phi) is 7.10. The molecule has 0 spiro atoms.